The molecule has 0 amide bonds. The van der Waals surface area contributed by atoms with Crippen LogP contribution in [0.3, 0.4) is 0 Å². The predicted octanol–water partition coefficient (Wildman–Crippen LogP) is 2.64. The summed E-state index contributed by atoms with van der Waals surface area (Å²) in [5, 5.41) is 13.1. The molecule has 2 aromatic carbocycles. The molecule has 7 heteroatoms. The molecule has 0 saturated carbocycles. The second kappa shape index (κ2) is 6.24. The first-order valence-corrected chi connectivity index (χ1v) is 8.12. The first-order valence-electron chi connectivity index (χ1n) is 8.12. The highest BCUT2D eigenvalue weighted by molar-refractivity contribution is 5.74. The number of hydrogen-bond acceptors (Lipinski definition) is 4. The summed E-state index contributed by atoms with van der Waals surface area (Å²) in [6, 6.07) is 4.75. The van der Waals surface area contributed by atoms with Crippen LogP contribution in [0.5, 0.6) is 11.5 Å². The van der Waals surface area contributed by atoms with Crippen LogP contribution in [0, 0.1) is 17.5 Å². The molecule has 0 aliphatic carbocycles. The zero-order valence-electron chi connectivity index (χ0n) is 13.4. The third kappa shape index (κ3) is 2.73. The molecule has 2 heterocycles. The zero-order chi connectivity index (χ0) is 17.6. The number of phenols is 1. The Morgan fingerprint density at radius 3 is 2.80 bits per heavy atom. The monoisotopic (exact) mass is 350 g/mol. The molecule has 0 radical (unpaired) electrons. The van der Waals surface area contributed by atoms with Gasteiger partial charge in [-0.2, -0.15) is 0 Å². The molecule has 4 nitrogen and oxygen atoms in total. The largest absolute Gasteiger partial charge is 0.507 e. The summed E-state index contributed by atoms with van der Waals surface area (Å²) in [6.07, 6.45) is 0. The van der Waals surface area contributed by atoms with Gasteiger partial charge >= 0.3 is 0 Å². The van der Waals surface area contributed by atoms with E-state index in [1.54, 1.807) is 0 Å². The van der Waals surface area contributed by atoms with E-state index in [9.17, 15) is 13.9 Å². The molecule has 1 saturated heterocycles. The van der Waals surface area contributed by atoms with Crippen LogP contribution in [0.2, 0.25) is 0 Å². The highest BCUT2D eigenvalue weighted by Crippen LogP contribution is 2.41. The number of ether oxygens (including phenoxy) is 1. The van der Waals surface area contributed by atoms with Crippen molar-refractivity contribution in [3.63, 3.8) is 0 Å². The number of piperazine rings is 1. The lowest BCUT2D eigenvalue weighted by atomic mass is 9.99. The predicted molar refractivity (Wildman–Crippen MR) is 86.0 cm³/mol. The van der Waals surface area contributed by atoms with Crippen molar-refractivity contribution >= 4 is 0 Å². The van der Waals surface area contributed by atoms with Crippen LogP contribution in [0.1, 0.15) is 5.56 Å². The van der Waals surface area contributed by atoms with Crippen molar-refractivity contribution in [1.82, 2.24) is 10.2 Å². The van der Waals surface area contributed by atoms with Gasteiger partial charge < -0.3 is 15.2 Å². The van der Waals surface area contributed by atoms with E-state index in [-0.39, 0.29) is 18.4 Å². The van der Waals surface area contributed by atoms with E-state index in [1.165, 1.54) is 18.2 Å². The van der Waals surface area contributed by atoms with Gasteiger partial charge in [0.25, 0.3) is 0 Å². The van der Waals surface area contributed by atoms with Crippen LogP contribution in [-0.2, 0) is 6.54 Å². The number of rotatable bonds is 1. The van der Waals surface area contributed by atoms with E-state index in [1.807, 2.05) is 0 Å². The van der Waals surface area contributed by atoms with Gasteiger partial charge in [-0.3, -0.25) is 4.90 Å². The van der Waals surface area contributed by atoms with Crippen LogP contribution in [-0.4, -0.2) is 42.3 Å². The average Bonchev–Trinajstić information content (AvgIpc) is 2.76. The minimum absolute atomic E-state index is 0.0638. The second-order valence-electron chi connectivity index (χ2n) is 6.31. The van der Waals surface area contributed by atoms with Crippen LogP contribution >= 0.6 is 0 Å². The summed E-state index contributed by atoms with van der Waals surface area (Å²) in [5.41, 5.74) is -0.709. The summed E-state index contributed by atoms with van der Waals surface area (Å²) in [5.74, 6) is -3.40. The van der Waals surface area contributed by atoms with E-state index in [0.29, 0.717) is 18.7 Å². The third-order valence-electron chi connectivity index (χ3n) is 4.76. The lowest BCUT2D eigenvalue weighted by molar-refractivity contribution is 0.119. The molecule has 132 valence electrons. The maximum absolute atomic E-state index is 15.0. The first kappa shape index (κ1) is 16.2. The minimum Gasteiger partial charge on any atom is -0.507 e. The van der Waals surface area contributed by atoms with Crippen molar-refractivity contribution in [1.29, 1.82) is 0 Å². The quantitative estimate of drug-likeness (QED) is 0.830. The topological polar surface area (TPSA) is 44.7 Å². The van der Waals surface area contributed by atoms with Crippen molar-refractivity contribution < 1.29 is 23.0 Å². The Balaban J connectivity index is 1.84. The molecule has 2 aromatic rings. The molecule has 4 rings (SSSR count). The maximum Gasteiger partial charge on any atom is 0.176 e. The SMILES string of the molecule is Oc1cccc(F)c1-c1c(F)cc2c(c1F)OCC1CNCCN1C2. The van der Waals surface area contributed by atoms with E-state index >= 15 is 4.39 Å². The smallest absolute Gasteiger partial charge is 0.176 e. The van der Waals surface area contributed by atoms with E-state index < -0.39 is 34.3 Å². The number of halogens is 3. The number of nitrogens with one attached hydrogen (secondary N) is 1. The number of benzene rings is 2. The van der Waals surface area contributed by atoms with Gasteiger partial charge in [0.15, 0.2) is 11.6 Å². The van der Waals surface area contributed by atoms with E-state index in [2.05, 4.69) is 10.2 Å². The van der Waals surface area contributed by atoms with Gasteiger partial charge in [0.05, 0.1) is 17.2 Å². The van der Waals surface area contributed by atoms with Gasteiger partial charge in [0, 0.05) is 31.7 Å². The summed E-state index contributed by atoms with van der Waals surface area (Å²) in [6.45, 7) is 2.88. The third-order valence-corrected chi connectivity index (χ3v) is 4.76. The van der Waals surface area contributed by atoms with Crippen LogP contribution < -0.4 is 10.1 Å². The van der Waals surface area contributed by atoms with Crippen molar-refractivity contribution in [3.8, 4) is 22.6 Å². The molecule has 0 spiro atoms. The van der Waals surface area contributed by atoms with Gasteiger partial charge in [-0.1, -0.05) is 6.07 Å². The molecule has 2 aliphatic rings. The van der Waals surface area contributed by atoms with Crippen LogP contribution in [0.4, 0.5) is 13.2 Å². The first-order chi connectivity index (χ1) is 12.1. The Kier molecular flexibility index (Phi) is 4.05. The molecule has 0 aromatic heterocycles. The van der Waals surface area contributed by atoms with Gasteiger partial charge in [-0.05, 0) is 18.2 Å². The van der Waals surface area contributed by atoms with Gasteiger partial charge in [-0.25, -0.2) is 13.2 Å². The minimum atomic E-state index is -0.983. The lowest BCUT2D eigenvalue weighted by Gasteiger charge is -2.33. The van der Waals surface area contributed by atoms with Crippen molar-refractivity contribution in [3.05, 3.63) is 47.3 Å². The maximum atomic E-state index is 15.0. The number of phenolic OH excluding ortho intramolecular Hbond substituents is 1. The Morgan fingerprint density at radius 2 is 2.00 bits per heavy atom. The summed E-state index contributed by atoms with van der Waals surface area (Å²) in [4.78, 5) is 2.11. The van der Waals surface area contributed by atoms with Crippen LogP contribution in [0.15, 0.2) is 24.3 Å². The van der Waals surface area contributed by atoms with Crippen molar-refractivity contribution in [2.75, 3.05) is 26.2 Å². The zero-order valence-corrected chi connectivity index (χ0v) is 13.4. The Bertz CT molecular complexity index is 808. The second-order valence-corrected chi connectivity index (χ2v) is 6.31. The molecule has 1 fully saturated rings. The standard InChI is InChI=1S/C18H17F3N2O2/c19-12-2-1-3-14(24)15(12)16-13(20)6-10-8-23-5-4-22-7-11(23)9-25-18(10)17(16)21/h1-3,6,11,22,24H,4-5,7-9H2. The molecule has 2 aliphatic heterocycles. The summed E-state index contributed by atoms with van der Waals surface area (Å²) in [7, 11) is 0. The molecular weight excluding hydrogens is 333 g/mol. The number of aromatic hydroxyl groups is 1. The number of hydrogen-bond donors (Lipinski definition) is 2. The number of nitrogens with zero attached hydrogens (tertiary/aromatic N) is 1. The Morgan fingerprint density at radius 1 is 1.16 bits per heavy atom. The molecule has 0 bridgehead atoms. The fourth-order valence-electron chi connectivity index (χ4n) is 3.49. The van der Waals surface area contributed by atoms with Crippen molar-refractivity contribution in [2.45, 2.75) is 12.6 Å². The summed E-state index contributed by atoms with van der Waals surface area (Å²) < 4.78 is 49.4. The normalized spacial score (nSPS) is 20.4. The summed E-state index contributed by atoms with van der Waals surface area (Å²) >= 11 is 0. The van der Waals surface area contributed by atoms with Crippen LogP contribution in [0.25, 0.3) is 11.1 Å². The van der Waals surface area contributed by atoms with Gasteiger partial charge in [-0.15, -0.1) is 0 Å². The highest BCUT2D eigenvalue weighted by Gasteiger charge is 2.31. The van der Waals surface area contributed by atoms with Crippen molar-refractivity contribution in [2.24, 2.45) is 0 Å². The molecular formula is C18H17F3N2O2. The Hall–Kier alpha value is -2.25. The number of fused-ring (bicyclic) bond motifs is 2. The average molecular weight is 350 g/mol. The molecule has 2 N–H and O–H groups in total. The Labute approximate surface area is 142 Å². The van der Waals surface area contributed by atoms with Gasteiger partial charge in [0.1, 0.15) is 24.0 Å². The fraction of sp³-hybridized carbons (Fsp3) is 0.333. The highest BCUT2D eigenvalue weighted by atomic mass is 19.1. The molecule has 1 atom stereocenters. The fourth-order valence-corrected chi connectivity index (χ4v) is 3.49. The van der Waals surface area contributed by atoms with Gasteiger partial charge in [0.2, 0.25) is 0 Å². The molecule has 25 heavy (non-hydrogen) atoms. The van der Waals surface area contributed by atoms with E-state index in [4.69, 9.17) is 4.74 Å². The lowest BCUT2D eigenvalue weighted by Crippen LogP contribution is -2.52. The van der Waals surface area contributed by atoms with E-state index in [0.717, 1.165) is 19.2 Å². The molecule has 1 unspecified atom stereocenters.